The lowest BCUT2D eigenvalue weighted by Crippen LogP contribution is -2.48. The fourth-order valence-electron chi connectivity index (χ4n) is 2.27. The van der Waals surface area contributed by atoms with Gasteiger partial charge in [0.2, 0.25) is 10.0 Å². The molecular weight excluding hydrogens is 236 g/mol. The summed E-state index contributed by atoms with van der Waals surface area (Å²) in [5.74, 6) is 0. The number of piperidine rings is 1. The van der Waals surface area contributed by atoms with Gasteiger partial charge in [-0.3, -0.25) is 0 Å². The van der Waals surface area contributed by atoms with Gasteiger partial charge in [0.25, 0.3) is 0 Å². The van der Waals surface area contributed by atoms with Crippen molar-refractivity contribution < 1.29 is 8.42 Å². The Morgan fingerprint density at radius 1 is 1.29 bits per heavy atom. The number of hydrogen-bond donors (Lipinski definition) is 1. The van der Waals surface area contributed by atoms with E-state index in [0.29, 0.717) is 11.4 Å². The maximum Gasteiger partial charge on any atom is 0.243 e. The van der Waals surface area contributed by atoms with Crippen molar-refractivity contribution in [3.8, 4) is 0 Å². The Bertz CT molecular complexity index is 473. The topological polar surface area (TPSA) is 63.4 Å². The monoisotopic (exact) mass is 254 g/mol. The van der Waals surface area contributed by atoms with Crippen LogP contribution in [-0.4, -0.2) is 31.4 Å². The molecule has 0 saturated carbocycles. The van der Waals surface area contributed by atoms with Crippen LogP contribution in [0.4, 0.5) is 0 Å². The van der Waals surface area contributed by atoms with Crippen LogP contribution in [0, 0.1) is 0 Å². The van der Waals surface area contributed by atoms with Gasteiger partial charge in [-0.15, -0.1) is 0 Å². The molecule has 0 aliphatic carbocycles. The standard InChI is InChI=1S/C12H18N2O2S/c1-10-9-11(13)7-8-14(10)17(15,16)12-5-3-2-4-6-12/h2-6,10-11H,7-9,13H2,1H3. The molecule has 2 N–H and O–H groups in total. The number of hydrogen-bond acceptors (Lipinski definition) is 3. The minimum Gasteiger partial charge on any atom is -0.328 e. The first kappa shape index (κ1) is 12.5. The second kappa shape index (κ2) is 4.76. The Labute approximate surface area is 102 Å². The minimum absolute atomic E-state index is 0.0241. The molecule has 0 bridgehead atoms. The van der Waals surface area contributed by atoms with Gasteiger partial charge in [0.15, 0.2) is 0 Å². The number of nitrogens with zero attached hydrogens (tertiary/aromatic N) is 1. The van der Waals surface area contributed by atoms with Crippen LogP contribution in [0.5, 0.6) is 0 Å². The third-order valence-electron chi connectivity index (χ3n) is 3.21. The van der Waals surface area contributed by atoms with E-state index in [4.69, 9.17) is 5.73 Å². The Balaban J connectivity index is 2.28. The van der Waals surface area contributed by atoms with Crippen LogP contribution < -0.4 is 5.73 Å². The average Bonchev–Trinajstić information content (AvgIpc) is 2.29. The van der Waals surface area contributed by atoms with Crippen LogP contribution in [0.2, 0.25) is 0 Å². The van der Waals surface area contributed by atoms with Gasteiger partial charge in [-0.2, -0.15) is 4.31 Å². The fourth-order valence-corrected chi connectivity index (χ4v) is 3.95. The van der Waals surface area contributed by atoms with Crippen LogP contribution in [0.25, 0.3) is 0 Å². The van der Waals surface area contributed by atoms with Gasteiger partial charge in [-0.05, 0) is 31.9 Å². The number of benzene rings is 1. The quantitative estimate of drug-likeness (QED) is 0.862. The molecule has 2 atom stereocenters. The molecule has 0 spiro atoms. The van der Waals surface area contributed by atoms with Gasteiger partial charge in [-0.25, -0.2) is 8.42 Å². The summed E-state index contributed by atoms with van der Waals surface area (Å²) in [5.41, 5.74) is 5.85. The van der Waals surface area contributed by atoms with E-state index in [1.54, 1.807) is 28.6 Å². The number of sulfonamides is 1. The van der Waals surface area contributed by atoms with Gasteiger partial charge < -0.3 is 5.73 Å². The predicted octanol–water partition coefficient (Wildman–Crippen LogP) is 1.19. The van der Waals surface area contributed by atoms with Crippen molar-refractivity contribution in [3.63, 3.8) is 0 Å². The van der Waals surface area contributed by atoms with Gasteiger partial charge in [0, 0.05) is 18.6 Å². The lowest BCUT2D eigenvalue weighted by molar-refractivity contribution is 0.247. The lowest BCUT2D eigenvalue weighted by Gasteiger charge is -2.35. The van der Waals surface area contributed by atoms with Crippen molar-refractivity contribution in [3.05, 3.63) is 30.3 Å². The maximum absolute atomic E-state index is 12.4. The highest BCUT2D eigenvalue weighted by molar-refractivity contribution is 7.89. The SMILES string of the molecule is CC1CC(N)CCN1S(=O)(=O)c1ccccc1. The second-order valence-electron chi connectivity index (χ2n) is 4.56. The Kier molecular flexibility index (Phi) is 3.51. The van der Waals surface area contributed by atoms with Crippen molar-refractivity contribution in [2.45, 2.75) is 36.7 Å². The zero-order chi connectivity index (χ0) is 12.5. The molecule has 1 aromatic rings. The van der Waals surface area contributed by atoms with Gasteiger partial charge in [-0.1, -0.05) is 18.2 Å². The molecule has 0 radical (unpaired) electrons. The smallest absolute Gasteiger partial charge is 0.243 e. The minimum atomic E-state index is -3.36. The highest BCUT2D eigenvalue weighted by Gasteiger charge is 2.33. The van der Waals surface area contributed by atoms with Crippen LogP contribution >= 0.6 is 0 Å². The van der Waals surface area contributed by atoms with E-state index in [0.717, 1.165) is 12.8 Å². The Morgan fingerprint density at radius 2 is 1.94 bits per heavy atom. The summed E-state index contributed by atoms with van der Waals surface area (Å²) in [4.78, 5) is 0.363. The molecule has 2 rings (SSSR count). The van der Waals surface area contributed by atoms with Crippen LogP contribution in [0.1, 0.15) is 19.8 Å². The zero-order valence-electron chi connectivity index (χ0n) is 9.91. The maximum atomic E-state index is 12.4. The van der Waals surface area contributed by atoms with Crippen molar-refractivity contribution in [2.24, 2.45) is 5.73 Å². The summed E-state index contributed by atoms with van der Waals surface area (Å²) >= 11 is 0. The van der Waals surface area contributed by atoms with E-state index < -0.39 is 10.0 Å². The average molecular weight is 254 g/mol. The summed E-state index contributed by atoms with van der Waals surface area (Å²) in [6, 6.07) is 8.67. The molecule has 94 valence electrons. The van der Waals surface area contributed by atoms with Crippen LogP contribution in [0.15, 0.2) is 35.2 Å². The number of nitrogens with two attached hydrogens (primary N) is 1. The highest BCUT2D eigenvalue weighted by Crippen LogP contribution is 2.24. The summed E-state index contributed by atoms with van der Waals surface area (Å²) in [6.07, 6.45) is 1.46. The summed E-state index contributed by atoms with van der Waals surface area (Å²) in [7, 11) is -3.36. The van der Waals surface area contributed by atoms with E-state index in [2.05, 4.69) is 0 Å². The largest absolute Gasteiger partial charge is 0.328 e. The molecular formula is C12H18N2O2S. The lowest BCUT2D eigenvalue weighted by atomic mass is 10.0. The Hall–Kier alpha value is -0.910. The van der Waals surface area contributed by atoms with E-state index >= 15 is 0 Å². The molecule has 1 saturated heterocycles. The molecule has 2 unspecified atom stereocenters. The molecule has 1 aliphatic heterocycles. The molecule has 0 amide bonds. The first-order valence-electron chi connectivity index (χ1n) is 5.84. The van der Waals surface area contributed by atoms with Crippen LogP contribution in [0.3, 0.4) is 0 Å². The molecule has 1 fully saturated rings. The van der Waals surface area contributed by atoms with Crippen molar-refractivity contribution in [1.82, 2.24) is 4.31 Å². The highest BCUT2D eigenvalue weighted by atomic mass is 32.2. The van der Waals surface area contributed by atoms with Gasteiger partial charge in [0.05, 0.1) is 4.90 Å². The third kappa shape index (κ3) is 2.51. The van der Waals surface area contributed by atoms with Crippen molar-refractivity contribution >= 4 is 10.0 Å². The predicted molar refractivity (Wildman–Crippen MR) is 67.0 cm³/mol. The molecule has 1 aromatic carbocycles. The first-order valence-corrected chi connectivity index (χ1v) is 7.28. The summed E-state index contributed by atoms with van der Waals surface area (Å²) in [5, 5.41) is 0. The normalized spacial score (nSPS) is 26.9. The summed E-state index contributed by atoms with van der Waals surface area (Å²) < 4.78 is 26.3. The summed E-state index contributed by atoms with van der Waals surface area (Å²) in [6.45, 7) is 2.43. The molecule has 1 heterocycles. The van der Waals surface area contributed by atoms with Gasteiger partial charge >= 0.3 is 0 Å². The van der Waals surface area contributed by atoms with Gasteiger partial charge in [0.1, 0.15) is 0 Å². The van der Waals surface area contributed by atoms with Crippen molar-refractivity contribution in [1.29, 1.82) is 0 Å². The second-order valence-corrected chi connectivity index (χ2v) is 6.45. The fraction of sp³-hybridized carbons (Fsp3) is 0.500. The Morgan fingerprint density at radius 3 is 2.53 bits per heavy atom. The van der Waals surface area contributed by atoms with Crippen molar-refractivity contribution in [2.75, 3.05) is 6.54 Å². The first-order chi connectivity index (χ1) is 8.01. The molecule has 4 nitrogen and oxygen atoms in total. The van der Waals surface area contributed by atoms with E-state index in [-0.39, 0.29) is 12.1 Å². The number of rotatable bonds is 2. The van der Waals surface area contributed by atoms with E-state index in [9.17, 15) is 8.42 Å². The zero-order valence-corrected chi connectivity index (χ0v) is 10.7. The van der Waals surface area contributed by atoms with E-state index in [1.165, 1.54) is 0 Å². The van der Waals surface area contributed by atoms with Crippen LogP contribution in [-0.2, 0) is 10.0 Å². The molecule has 1 aliphatic rings. The van der Waals surface area contributed by atoms with E-state index in [1.807, 2.05) is 13.0 Å². The molecule has 5 heteroatoms. The molecule has 17 heavy (non-hydrogen) atoms. The third-order valence-corrected chi connectivity index (χ3v) is 5.23. The molecule has 0 aromatic heterocycles.